The molecular formula is C24H37NO2S. The Balaban J connectivity index is 1.52. The molecule has 0 radical (unpaired) electrons. The fraction of sp³-hybridized carbons (Fsp3) is 0.792. The lowest BCUT2D eigenvalue weighted by atomic mass is 9.63. The fourth-order valence-corrected chi connectivity index (χ4v) is 6.69. The SMILES string of the molecule is CCCCCC[C@@H]1[C@@H](CCCC(O)C2(c3cccs3)CCC2)[C@H](O)C[C@H]1C#N. The van der Waals surface area contributed by atoms with Crippen LogP contribution in [0.25, 0.3) is 0 Å². The van der Waals surface area contributed by atoms with Crippen molar-refractivity contribution >= 4 is 11.3 Å². The number of aliphatic hydroxyl groups excluding tert-OH is 2. The maximum absolute atomic E-state index is 11.0. The van der Waals surface area contributed by atoms with Crippen LogP contribution in [-0.4, -0.2) is 22.4 Å². The van der Waals surface area contributed by atoms with E-state index in [0.29, 0.717) is 12.3 Å². The van der Waals surface area contributed by atoms with E-state index in [9.17, 15) is 15.5 Å². The van der Waals surface area contributed by atoms with Gasteiger partial charge in [0.2, 0.25) is 0 Å². The van der Waals surface area contributed by atoms with Crippen LogP contribution in [0.2, 0.25) is 0 Å². The van der Waals surface area contributed by atoms with Crippen molar-refractivity contribution in [3.8, 4) is 6.07 Å². The van der Waals surface area contributed by atoms with Crippen LogP contribution in [0.15, 0.2) is 17.5 Å². The van der Waals surface area contributed by atoms with E-state index in [1.165, 1.54) is 37.0 Å². The van der Waals surface area contributed by atoms with Gasteiger partial charge < -0.3 is 10.2 Å². The summed E-state index contributed by atoms with van der Waals surface area (Å²) in [6.45, 7) is 2.22. The first-order chi connectivity index (χ1) is 13.6. The van der Waals surface area contributed by atoms with E-state index in [-0.39, 0.29) is 29.5 Å². The zero-order chi connectivity index (χ0) is 20.0. The summed E-state index contributed by atoms with van der Waals surface area (Å²) in [4.78, 5) is 1.34. The molecule has 1 aromatic heterocycles. The number of rotatable bonds is 11. The summed E-state index contributed by atoms with van der Waals surface area (Å²) in [5.41, 5.74) is -0.0167. The lowest BCUT2D eigenvalue weighted by molar-refractivity contribution is 0.0195. The number of thiophene rings is 1. The van der Waals surface area contributed by atoms with Gasteiger partial charge in [0.25, 0.3) is 0 Å². The standard InChI is InChI=1S/C24H37NO2S/c1-2-3-4-5-9-19-18(17-25)16-21(26)20(19)10-6-11-22(27)24(13-8-14-24)23-12-7-15-28-23/h7,12,15,18-22,26-27H,2-6,8-11,13-14,16H2,1H3/t18-,19-,20+,21+,22?/m0/s1. The van der Waals surface area contributed by atoms with Crippen molar-refractivity contribution in [3.05, 3.63) is 22.4 Å². The van der Waals surface area contributed by atoms with Gasteiger partial charge in [0.1, 0.15) is 0 Å². The van der Waals surface area contributed by atoms with Crippen LogP contribution in [0.3, 0.4) is 0 Å². The van der Waals surface area contributed by atoms with Gasteiger partial charge in [-0.05, 0) is 61.8 Å². The minimum Gasteiger partial charge on any atom is -0.393 e. The van der Waals surface area contributed by atoms with E-state index >= 15 is 0 Å². The Hall–Kier alpha value is -0.890. The van der Waals surface area contributed by atoms with Gasteiger partial charge in [-0.3, -0.25) is 0 Å². The average Bonchev–Trinajstić information content (AvgIpc) is 3.27. The van der Waals surface area contributed by atoms with E-state index < -0.39 is 0 Å². The third-order valence-corrected chi connectivity index (χ3v) is 8.61. The molecule has 2 aliphatic carbocycles. The molecule has 1 aromatic rings. The molecule has 28 heavy (non-hydrogen) atoms. The number of nitriles is 1. The average molecular weight is 404 g/mol. The van der Waals surface area contributed by atoms with Crippen LogP contribution in [0.1, 0.15) is 88.9 Å². The molecule has 0 aliphatic heterocycles. The van der Waals surface area contributed by atoms with Crippen LogP contribution in [0.5, 0.6) is 0 Å². The maximum atomic E-state index is 11.0. The van der Waals surface area contributed by atoms with Crippen molar-refractivity contribution in [1.29, 1.82) is 5.26 Å². The molecule has 0 bridgehead atoms. The fourth-order valence-electron chi connectivity index (χ4n) is 5.66. The quantitative estimate of drug-likeness (QED) is 0.458. The smallest absolute Gasteiger partial charge is 0.0659 e. The predicted molar refractivity (Wildman–Crippen MR) is 115 cm³/mol. The summed E-state index contributed by atoms with van der Waals surface area (Å²) >= 11 is 1.77. The van der Waals surface area contributed by atoms with Gasteiger partial charge in [0, 0.05) is 10.3 Å². The Labute approximate surface area is 174 Å². The Bertz CT molecular complexity index is 619. The van der Waals surface area contributed by atoms with Gasteiger partial charge in [-0.1, -0.05) is 51.5 Å². The largest absolute Gasteiger partial charge is 0.393 e. The highest BCUT2D eigenvalue weighted by molar-refractivity contribution is 7.10. The molecule has 2 saturated carbocycles. The summed E-state index contributed by atoms with van der Waals surface area (Å²) in [5.74, 6) is 0.581. The molecule has 0 aromatic carbocycles. The van der Waals surface area contributed by atoms with Crippen molar-refractivity contribution in [2.75, 3.05) is 0 Å². The molecule has 2 aliphatic rings. The lowest BCUT2D eigenvalue weighted by Gasteiger charge is -2.45. The Morgan fingerprint density at radius 3 is 2.61 bits per heavy atom. The number of hydrogen-bond acceptors (Lipinski definition) is 4. The minimum atomic E-state index is -0.340. The summed E-state index contributed by atoms with van der Waals surface area (Å²) < 4.78 is 0. The molecule has 0 spiro atoms. The highest BCUT2D eigenvalue weighted by Gasteiger charge is 2.46. The normalized spacial score (nSPS) is 29.9. The zero-order valence-electron chi connectivity index (χ0n) is 17.4. The van der Waals surface area contributed by atoms with Gasteiger partial charge >= 0.3 is 0 Å². The molecule has 156 valence electrons. The van der Waals surface area contributed by atoms with E-state index in [0.717, 1.165) is 38.5 Å². The van der Waals surface area contributed by atoms with Crippen LogP contribution in [0, 0.1) is 29.1 Å². The Kier molecular flexibility index (Phi) is 7.97. The van der Waals surface area contributed by atoms with Crippen LogP contribution in [0.4, 0.5) is 0 Å². The zero-order valence-corrected chi connectivity index (χ0v) is 18.2. The topological polar surface area (TPSA) is 64.2 Å². The van der Waals surface area contributed by atoms with Gasteiger partial charge in [-0.15, -0.1) is 11.3 Å². The first-order valence-electron chi connectivity index (χ1n) is 11.4. The van der Waals surface area contributed by atoms with Crippen molar-refractivity contribution in [1.82, 2.24) is 0 Å². The van der Waals surface area contributed by atoms with Gasteiger partial charge in [0.15, 0.2) is 0 Å². The van der Waals surface area contributed by atoms with E-state index in [1.54, 1.807) is 11.3 Å². The molecule has 4 heteroatoms. The molecule has 0 amide bonds. The molecular weight excluding hydrogens is 366 g/mol. The molecule has 3 nitrogen and oxygen atoms in total. The van der Waals surface area contributed by atoms with Crippen LogP contribution in [-0.2, 0) is 5.41 Å². The first-order valence-corrected chi connectivity index (χ1v) is 12.3. The maximum Gasteiger partial charge on any atom is 0.0659 e. The molecule has 3 rings (SSSR count). The second-order valence-corrected chi connectivity index (χ2v) is 10.1. The van der Waals surface area contributed by atoms with Gasteiger partial charge in [-0.25, -0.2) is 0 Å². The third kappa shape index (κ3) is 4.64. The number of hydrogen-bond donors (Lipinski definition) is 2. The lowest BCUT2D eigenvalue weighted by Crippen LogP contribution is -2.45. The summed E-state index contributed by atoms with van der Waals surface area (Å²) in [7, 11) is 0. The number of nitrogens with zero attached hydrogens (tertiary/aromatic N) is 1. The predicted octanol–water partition coefficient (Wildman–Crippen LogP) is 5.81. The molecule has 5 atom stereocenters. The summed E-state index contributed by atoms with van der Waals surface area (Å²) in [6.07, 6.45) is 12.1. The van der Waals surface area contributed by atoms with Crippen molar-refractivity contribution in [2.45, 2.75) is 102 Å². The Morgan fingerprint density at radius 2 is 2.00 bits per heavy atom. The first kappa shape index (κ1) is 21.8. The number of unbranched alkanes of at least 4 members (excludes halogenated alkanes) is 3. The molecule has 2 fully saturated rings. The highest BCUT2D eigenvalue weighted by Crippen LogP contribution is 2.50. The second kappa shape index (κ2) is 10.2. The highest BCUT2D eigenvalue weighted by atomic mass is 32.1. The van der Waals surface area contributed by atoms with Crippen LogP contribution >= 0.6 is 11.3 Å². The summed E-state index contributed by atoms with van der Waals surface area (Å²) in [5, 5.41) is 33.2. The van der Waals surface area contributed by atoms with Crippen molar-refractivity contribution < 1.29 is 10.2 Å². The summed E-state index contributed by atoms with van der Waals surface area (Å²) in [6, 6.07) is 6.74. The van der Waals surface area contributed by atoms with Gasteiger partial charge in [0.05, 0.1) is 24.2 Å². The van der Waals surface area contributed by atoms with E-state index in [1.807, 2.05) is 0 Å². The van der Waals surface area contributed by atoms with Crippen molar-refractivity contribution in [3.63, 3.8) is 0 Å². The molecule has 0 saturated heterocycles. The molecule has 2 N–H and O–H groups in total. The number of aliphatic hydroxyl groups is 2. The monoisotopic (exact) mass is 403 g/mol. The van der Waals surface area contributed by atoms with Gasteiger partial charge in [-0.2, -0.15) is 5.26 Å². The third-order valence-electron chi connectivity index (χ3n) is 7.52. The minimum absolute atomic E-state index is 0.00985. The van der Waals surface area contributed by atoms with Crippen molar-refractivity contribution in [2.24, 2.45) is 17.8 Å². The van der Waals surface area contributed by atoms with Crippen LogP contribution < -0.4 is 0 Å². The Morgan fingerprint density at radius 1 is 1.21 bits per heavy atom. The molecule has 1 unspecified atom stereocenters. The molecule has 1 heterocycles. The van der Waals surface area contributed by atoms with E-state index in [4.69, 9.17) is 0 Å². The van der Waals surface area contributed by atoms with E-state index in [2.05, 4.69) is 30.5 Å². The second-order valence-electron chi connectivity index (χ2n) is 9.15.